The van der Waals surface area contributed by atoms with Gasteiger partial charge in [0.25, 0.3) is 5.69 Å². The Morgan fingerprint density at radius 2 is 1.84 bits per heavy atom. The Kier molecular flexibility index (Phi) is 7.79. The molecule has 198 valence electrons. The van der Waals surface area contributed by atoms with Crippen molar-refractivity contribution in [2.45, 2.75) is 45.9 Å². The van der Waals surface area contributed by atoms with Gasteiger partial charge in [0, 0.05) is 30.9 Å². The Balaban J connectivity index is 1.62. The first-order valence-corrected chi connectivity index (χ1v) is 12.2. The van der Waals surface area contributed by atoms with Crippen molar-refractivity contribution in [2.75, 3.05) is 6.54 Å². The summed E-state index contributed by atoms with van der Waals surface area (Å²) < 4.78 is 8.17. The molecule has 2 atom stereocenters. The molecule has 12 heteroatoms. The maximum Gasteiger partial charge on any atom is 0.350 e. The van der Waals surface area contributed by atoms with Crippen molar-refractivity contribution in [1.29, 1.82) is 0 Å². The second kappa shape index (κ2) is 11.2. The lowest BCUT2D eigenvalue weighted by atomic mass is 9.86. The van der Waals surface area contributed by atoms with Crippen molar-refractivity contribution in [2.24, 2.45) is 10.9 Å². The molecule has 0 saturated carbocycles. The lowest BCUT2D eigenvalue weighted by Crippen LogP contribution is -2.48. The molecule has 0 spiro atoms. The summed E-state index contributed by atoms with van der Waals surface area (Å²) in [6, 6.07) is 13.4. The third-order valence-corrected chi connectivity index (χ3v) is 6.18. The van der Waals surface area contributed by atoms with E-state index in [1.807, 2.05) is 6.07 Å². The number of amides is 2. The first-order chi connectivity index (χ1) is 18.2. The first-order valence-electron chi connectivity index (χ1n) is 12.2. The first kappa shape index (κ1) is 26.5. The fourth-order valence-electron chi connectivity index (χ4n) is 4.49. The number of nitrogens with zero attached hydrogens (tertiary/aromatic N) is 6. The fraction of sp³-hybridized carbons (Fsp3) is 0.346. The van der Waals surface area contributed by atoms with E-state index < -0.39 is 35.0 Å². The normalized spacial score (nSPS) is 17.4. The highest BCUT2D eigenvalue weighted by Crippen LogP contribution is 2.36. The van der Waals surface area contributed by atoms with Crippen molar-refractivity contribution in [3.05, 3.63) is 87.1 Å². The summed E-state index contributed by atoms with van der Waals surface area (Å²) in [5.74, 6) is -1.52. The van der Waals surface area contributed by atoms with Gasteiger partial charge in [0.15, 0.2) is 0 Å². The van der Waals surface area contributed by atoms with Crippen LogP contribution in [0.5, 0.6) is 0 Å². The number of rotatable bonds is 9. The minimum Gasteiger partial charge on any atom is -0.462 e. The minimum absolute atomic E-state index is 0.136. The highest BCUT2D eigenvalue weighted by atomic mass is 16.6. The summed E-state index contributed by atoms with van der Waals surface area (Å²) >= 11 is 0. The van der Waals surface area contributed by atoms with Crippen LogP contribution in [0.15, 0.2) is 70.7 Å². The summed E-state index contributed by atoms with van der Waals surface area (Å²) in [6.45, 7) is 5.39. The molecule has 1 aliphatic heterocycles. The zero-order valence-corrected chi connectivity index (χ0v) is 21.3. The van der Waals surface area contributed by atoms with Gasteiger partial charge in [0.2, 0.25) is 0 Å². The Labute approximate surface area is 218 Å². The van der Waals surface area contributed by atoms with Gasteiger partial charge in [-0.1, -0.05) is 30.3 Å². The topological polar surface area (TPSA) is 142 Å². The number of non-ortho nitro benzene ring substituents is 1. The fourth-order valence-corrected chi connectivity index (χ4v) is 4.49. The zero-order valence-electron chi connectivity index (χ0n) is 21.3. The van der Waals surface area contributed by atoms with E-state index in [0.29, 0.717) is 17.7 Å². The van der Waals surface area contributed by atoms with Crippen LogP contribution in [0.3, 0.4) is 0 Å². The van der Waals surface area contributed by atoms with E-state index in [2.05, 4.69) is 10.1 Å². The van der Waals surface area contributed by atoms with Gasteiger partial charge < -0.3 is 9.64 Å². The Bertz CT molecular complexity index is 1430. The van der Waals surface area contributed by atoms with Crippen LogP contribution in [-0.2, 0) is 16.1 Å². The second-order valence-corrected chi connectivity index (χ2v) is 9.20. The van der Waals surface area contributed by atoms with Crippen LogP contribution in [-0.4, -0.2) is 54.5 Å². The molecular formula is C26H28N6O6. The number of para-hydroxylation sites is 1. The molecule has 0 aliphatic carbocycles. The number of aromatic nitrogens is 3. The van der Waals surface area contributed by atoms with E-state index in [9.17, 15) is 24.5 Å². The second-order valence-electron chi connectivity index (χ2n) is 9.20. The number of hydrogen-bond donors (Lipinski definition) is 0. The molecule has 2 unspecified atom stereocenters. The van der Waals surface area contributed by atoms with Gasteiger partial charge in [-0.15, -0.1) is 0 Å². The number of benzene rings is 2. The number of esters is 1. The lowest BCUT2D eigenvalue weighted by molar-refractivity contribution is -0.385. The SMILES string of the molecule is CC1=NC(=O)N(CCCn2cnn(-c3ccccc3)c2=O)C(c2cccc([N+](=O)[O-])c2)C1C(=O)OC(C)C. The van der Waals surface area contributed by atoms with Crippen LogP contribution in [0, 0.1) is 16.0 Å². The van der Waals surface area contributed by atoms with Gasteiger partial charge in [0.05, 0.1) is 22.8 Å². The summed E-state index contributed by atoms with van der Waals surface area (Å²) in [4.78, 5) is 55.4. The Hall–Kier alpha value is -4.61. The van der Waals surface area contributed by atoms with E-state index in [4.69, 9.17) is 4.74 Å². The molecule has 0 fully saturated rings. The number of carbonyl (C=O) groups excluding carboxylic acids is 2. The smallest absolute Gasteiger partial charge is 0.350 e. The molecule has 1 aromatic heterocycles. The number of ether oxygens (including phenoxy) is 1. The van der Waals surface area contributed by atoms with Crippen LogP contribution in [0.1, 0.15) is 38.8 Å². The Morgan fingerprint density at radius 1 is 1.11 bits per heavy atom. The largest absolute Gasteiger partial charge is 0.462 e. The summed E-state index contributed by atoms with van der Waals surface area (Å²) in [7, 11) is 0. The average Bonchev–Trinajstić information content (AvgIpc) is 3.25. The number of aliphatic imine (C=N–C) groups is 1. The van der Waals surface area contributed by atoms with Crippen molar-refractivity contribution in [3.63, 3.8) is 0 Å². The number of urea groups is 1. The lowest BCUT2D eigenvalue weighted by Gasteiger charge is -2.38. The maximum absolute atomic E-state index is 13.1. The standard InChI is InChI=1S/C26H28N6O6/c1-17(2)38-24(33)22-18(3)28-25(34)30(23(22)19-9-7-12-21(15-19)32(36)37)14-8-13-29-16-27-31(26(29)35)20-10-5-4-6-11-20/h4-7,9-12,15-17,22-23H,8,13-14H2,1-3H3. The van der Waals surface area contributed by atoms with Crippen molar-refractivity contribution >= 4 is 23.4 Å². The predicted molar refractivity (Wildman–Crippen MR) is 138 cm³/mol. The number of hydrogen-bond acceptors (Lipinski definition) is 7. The minimum atomic E-state index is -0.944. The molecule has 2 amide bonds. The molecule has 2 aromatic carbocycles. The van der Waals surface area contributed by atoms with Crippen LogP contribution in [0.25, 0.3) is 5.69 Å². The van der Waals surface area contributed by atoms with Crippen LogP contribution >= 0.6 is 0 Å². The number of aryl methyl sites for hydroxylation is 1. The molecule has 3 aromatic rings. The van der Waals surface area contributed by atoms with Gasteiger partial charge in [0.1, 0.15) is 12.2 Å². The highest BCUT2D eigenvalue weighted by molar-refractivity contribution is 6.08. The summed E-state index contributed by atoms with van der Waals surface area (Å²) in [5, 5.41) is 15.6. The predicted octanol–water partition coefficient (Wildman–Crippen LogP) is 3.54. The van der Waals surface area contributed by atoms with Gasteiger partial charge in [-0.2, -0.15) is 9.78 Å². The molecule has 38 heavy (non-hydrogen) atoms. The van der Waals surface area contributed by atoms with E-state index in [0.717, 1.165) is 0 Å². The van der Waals surface area contributed by atoms with Crippen molar-refractivity contribution in [1.82, 2.24) is 19.2 Å². The monoisotopic (exact) mass is 520 g/mol. The highest BCUT2D eigenvalue weighted by Gasteiger charge is 2.43. The van der Waals surface area contributed by atoms with Crippen molar-refractivity contribution in [3.8, 4) is 5.69 Å². The zero-order chi connectivity index (χ0) is 27.4. The Morgan fingerprint density at radius 3 is 2.53 bits per heavy atom. The molecule has 4 rings (SSSR count). The molecular weight excluding hydrogens is 492 g/mol. The van der Waals surface area contributed by atoms with E-state index in [1.54, 1.807) is 51.1 Å². The molecule has 0 bridgehead atoms. The molecule has 0 N–H and O–H groups in total. The molecule has 0 saturated heterocycles. The molecule has 12 nitrogen and oxygen atoms in total. The van der Waals surface area contributed by atoms with Gasteiger partial charge in [-0.05, 0) is 44.9 Å². The quantitative estimate of drug-likeness (QED) is 0.239. The summed E-state index contributed by atoms with van der Waals surface area (Å²) in [6.07, 6.45) is 1.37. The third-order valence-electron chi connectivity index (χ3n) is 6.18. The average molecular weight is 521 g/mol. The number of nitro groups is 1. The number of carbonyl (C=O) groups is 2. The van der Waals surface area contributed by atoms with E-state index >= 15 is 0 Å². The molecule has 1 aliphatic rings. The van der Waals surface area contributed by atoms with Gasteiger partial charge >= 0.3 is 17.7 Å². The van der Waals surface area contributed by atoms with Gasteiger partial charge in [-0.3, -0.25) is 19.5 Å². The van der Waals surface area contributed by atoms with E-state index in [-0.39, 0.29) is 30.2 Å². The van der Waals surface area contributed by atoms with Crippen LogP contribution in [0.2, 0.25) is 0 Å². The van der Waals surface area contributed by atoms with Gasteiger partial charge in [-0.25, -0.2) is 14.6 Å². The molecule has 2 heterocycles. The number of nitro benzene ring substituents is 1. The third kappa shape index (κ3) is 5.53. The maximum atomic E-state index is 13.1. The van der Waals surface area contributed by atoms with Crippen LogP contribution < -0.4 is 5.69 Å². The van der Waals surface area contributed by atoms with E-state index in [1.165, 1.54) is 38.7 Å². The van der Waals surface area contributed by atoms with Crippen molar-refractivity contribution < 1.29 is 19.2 Å². The summed E-state index contributed by atoms with van der Waals surface area (Å²) in [5.41, 5.74) is 0.828. The molecule has 0 radical (unpaired) electrons. The van der Waals surface area contributed by atoms with Crippen LogP contribution in [0.4, 0.5) is 10.5 Å².